The van der Waals surface area contributed by atoms with Gasteiger partial charge < -0.3 is 19.5 Å². The van der Waals surface area contributed by atoms with Gasteiger partial charge in [0.1, 0.15) is 11.5 Å². The number of ether oxygens (including phenoxy) is 3. The fourth-order valence-electron chi connectivity index (χ4n) is 3.46. The number of nitrogens with zero attached hydrogens (tertiary/aromatic N) is 1. The molecule has 0 saturated heterocycles. The summed E-state index contributed by atoms with van der Waals surface area (Å²) in [6, 6.07) is 21.1. The van der Waals surface area contributed by atoms with E-state index in [1.165, 1.54) is 14.2 Å². The smallest absolute Gasteiger partial charge is 0.339 e. The standard InChI is InChI=1S/C26H21ClN2O5/c1-32-16-11-12-24(33-2)23(13-16)29-25(30)15-34-26(31)19-14-22(18-8-3-5-9-20(18)27)28-21-10-6-4-7-17(19)21/h3-14H,15H2,1-2H3,(H,29,30). The molecule has 1 aromatic heterocycles. The summed E-state index contributed by atoms with van der Waals surface area (Å²) in [5, 5.41) is 3.79. The maximum absolute atomic E-state index is 13.0. The summed E-state index contributed by atoms with van der Waals surface area (Å²) in [6.45, 7) is -0.489. The van der Waals surface area contributed by atoms with Crippen LogP contribution < -0.4 is 14.8 Å². The molecule has 34 heavy (non-hydrogen) atoms. The molecule has 1 amide bonds. The minimum absolute atomic E-state index is 0.285. The molecule has 1 N–H and O–H groups in total. The van der Waals surface area contributed by atoms with Crippen molar-refractivity contribution in [1.82, 2.24) is 4.98 Å². The van der Waals surface area contributed by atoms with Crippen molar-refractivity contribution < 1.29 is 23.8 Å². The van der Waals surface area contributed by atoms with Crippen molar-refractivity contribution in [2.45, 2.75) is 0 Å². The van der Waals surface area contributed by atoms with E-state index < -0.39 is 18.5 Å². The molecule has 8 heteroatoms. The molecule has 0 atom stereocenters. The van der Waals surface area contributed by atoms with Gasteiger partial charge >= 0.3 is 5.97 Å². The van der Waals surface area contributed by atoms with Gasteiger partial charge in [0.05, 0.1) is 36.7 Å². The monoisotopic (exact) mass is 476 g/mol. The average molecular weight is 477 g/mol. The summed E-state index contributed by atoms with van der Waals surface area (Å²) in [4.78, 5) is 30.1. The van der Waals surface area contributed by atoms with Gasteiger partial charge in [0.2, 0.25) is 0 Å². The van der Waals surface area contributed by atoms with E-state index in [1.807, 2.05) is 24.3 Å². The molecule has 3 aromatic carbocycles. The number of esters is 1. The molecule has 0 fully saturated rings. The number of halogens is 1. The number of amides is 1. The van der Waals surface area contributed by atoms with Crippen LogP contribution in [0.1, 0.15) is 10.4 Å². The van der Waals surface area contributed by atoms with Crippen LogP contribution in [-0.2, 0) is 9.53 Å². The maximum Gasteiger partial charge on any atom is 0.339 e. The normalized spacial score (nSPS) is 10.6. The van der Waals surface area contributed by atoms with Gasteiger partial charge in [0, 0.05) is 22.0 Å². The average Bonchev–Trinajstić information content (AvgIpc) is 2.86. The zero-order valence-electron chi connectivity index (χ0n) is 18.5. The first-order chi connectivity index (χ1) is 16.5. The Morgan fingerprint density at radius 2 is 1.71 bits per heavy atom. The zero-order valence-corrected chi connectivity index (χ0v) is 19.3. The summed E-state index contributed by atoms with van der Waals surface area (Å²) in [5.41, 5.74) is 2.51. The van der Waals surface area contributed by atoms with Crippen LogP contribution in [-0.4, -0.2) is 37.7 Å². The molecule has 0 aliphatic rings. The molecule has 0 radical (unpaired) electrons. The number of carbonyl (C=O) groups is 2. The molecule has 0 bridgehead atoms. The SMILES string of the molecule is COc1ccc(OC)c(NC(=O)COC(=O)c2cc(-c3ccccc3Cl)nc3ccccc23)c1. The van der Waals surface area contributed by atoms with Crippen LogP contribution in [0.4, 0.5) is 5.69 Å². The fourth-order valence-corrected chi connectivity index (χ4v) is 3.69. The van der Waals surface area contributed by atoms with Gasteiger partial charge in [-0.1, -0.05) is 48.0 Å². The first-order valence-electron chi connectivity index (χ1n) is 10.3. The lowest BCUT2D eigenvalue weighted by molar-refractivity contribution is -0.119. The highest BCUT2D eigenvalue weighted by Crippen LogP contribution is 2.31. The number of hydrogen-bond acceptors (Lipinski definition) is 6. The zero-order chi connectivity index (χ0) is 24.1. The molecule has 7 nitrogen and oxygen atoms in total. The van der Waals surface area contributed by atoms with E-state index in [9.17, 15) is 9.59 Å². The van der Waals surface area contributed by atoms with Crippen LogP contribution in [0, 0.1) is 0 Å². The molecule has 0 unspecified atom stereocenters. The van der Waals surface area contributed by atoms with E-state index in [4.69, 9.17) is 25.8 Å². The van der Waals surface area contributed by atoms with E-state index in [0.717, 1.165) is 0 Å². The molecule has 0 saturated carbocycles. The van der Waals surface area contributed by atoms with E-state index in [1.54, 1.807) is 48.5 Å². The highest BCUT2D eigenvalue weighted by atomic mass is 35.5. The maximum atomic E-state index is 13.0. The lowest BCUT2D eigenvalue weighted by Gasteiger charge is -2.13. The third-order valence-electron chi connectivity index (χ3n) is 5.10. The Balaban J connectivity index is 1.56. The Morgan fingerprint density at radius 3 is 2.47 bits per heavy atom. The van der Waals surface area contributed by atoms with E-state index >= 15 is 0 Å². The second-order valence-electron chi connectivity index (χ2n) is 7.24. The molecule has 0 aliphatic heterocycles. The minimum atomic E-state index is -0.653. The Kier molecular flexibility index (Phi) is 6.94. The topological polar surface area (TPSA) is 86.8 Å². The van der Waals surface area contributed by atoms with Crippen molar-refractivity contribution in [2.24, 2.45) is 0 Å². The number of methoxy groups -OCH3 is 2. The number of rotatable bonds is 7. The predicted molar refractivity (Wildman–Crippen MR) is 131 cm³/mol. The quantitative estimate of drug-likeness (QED) is 0.361. The first-order valence-corrected chi connectivity index (χ1v) is 10.7. The number of benzene rings is 3. The predicted octanol–water partition coefficient (Wildman–Crippen LogP) is 5.37. The van der Waals surface area contributed by atoms with E-state index in [-0.39, 0.29) is 5.56 Å². The highest BCUT2D eigenvalue weighted by molar-refractivity contribution is 6.33. The molecule has 172 valence electrons. The van der Waals surface area contributed by atoms with Gasteiger partial charge in [-0.15, -0.1) is 0 Å². The lowest BCUT2D eigenvalue weighted by atomic mass is 10.0. The van der Waals surface area contributed by atoms with E-state index in [0.29, 0.717) is 44.4 Å². The highest BCUT2D eigenvalue weighted by Gasteiger charge is 2.18. The Morgan fingerprint density at radius 1 is 0.941 bits per heavy atom. The molecule has 1 heterocycles. The van der Waals surface area contributed by atoms with Gasteiger partial charge in [-0.05, 0) is 30.3 Å². The van der Waals surface area contributed by atoms with Crippen LogP contribution in [0.25, 0.3) is 22.2 Å². The molecule has 0 aliphatic carbocycles. The van der Waals surface area contributed by atoms with Crippen molar-refractivity contribution in [1.29, 1.82) is 0 Å². The molecule has 4 rings (SSSR count). The van der Waals surface area contributed by atoms with Crippen molar-refractivity contribution in [3.63, 3.8) is 0 Å². The Bertz CT molecular complexity index is 1370. The van der Waals surface area contributed by atoms with Gasteiger partial charge in [0.25, 0.3) is 5.91 Å². The first kappa shape index (κ1) is 23.1. The van der Waals surface area contributed by atoms with Crippen molar-refractivity contribution in [2.75, 3.05) is 26.1 Å². The minimum Gasteiger partial charge on any atom is -0.497 e. The van der Waals surface area contributed by atoms with Crippen molar-refractivity contribution in [3.8, 4) is 22.8 Å². The van der Waals surface area contributed by atoms with Crippen LogP contribution in [0.5, 0.6) is 11.5 Å². The Labute approximate surface area is 201 Å². The number of nitrogens with one attached hydrogen (secondary N) is 1. The summed E-state index contributed by atoms with van der Waals surface area (Å²) >= 11 is 6.34. The fraction of sp³-hybridized carbons (Fsp3) is 0.115. The largest absolute Gasteiger partial charge is 0.497 e. The summed E-state index contributed by atoms with van der Waals surface area (Å²) < 4.78 is 15.8. The number of hydrogen-bond donors (Lipinski definition) is 1. The van der Waals surface area contributed by atoms with Crippen LogP contribution in [0.3, 0.4) is 0 Å². The number of pyridine rings is 1. The van der Waals surface area contributed by atoms with Crippen molar-refractivity contribution >= 4 is 40.1 Å². The number of aromatic nitrogens is 1. The summed E-state index contributed by atoms with van der Waals surface area (Å²) in [7, 11) is 3.01. The summed E-state index contributed by atoms with van der Waals surface area (Å²) in [6.07, 6.45) is 0. The van der Waals surface area contributed by atoms with Gasteiger partial charge in [-0.2, -0.15) is 0 Å². The molecule has 4 aromatic rings. The molecule has 0 spiro atoms. The number of fused-ring (bicyclic) bond motifs is 1. The number of anilines is 1. The molecular formula is C26H21ClN2O5. The van der Waals surface area contributed by atoms with Crippen LogP contribution >= 0.6 is 11.6 Å². The number of para-hydroxylation sites is 1. The lowest BCUT2D eigenvalue weighted by Crippen LogP contribution is -2.21. The van der Waals surface area contributed by atoms with Crippen LogP contribution in [0.15, 0.2) is 72.8 Å². The van der Waals surface area contributed by atoms with Crippen LogP contribution in [0.2, 0.25) is 5.02 Å². The van der Waals surface area contributed by atoms with E-state index in [2.05, 4.69) is 10.3 Å². The summed E-state index contributed by atoms with van der Waals surface area (Å²) in [5.74, 6) is -0.183. The second kappa shape index (κ2) is 10.2. The van der Waals surface area contributed by atoms with Gasteiger partial charge in [0.15, 0.2) is 6.61 Å². The number of carbonyl (C=O) groups excluding carboxylic acids is 2. The van der Waals surface area contributed by atoms with Crippen molar-refractivity contribution in [3.05, 3.63) is 83.4 Å². The third kappa shape index (κ3) is 4.94. The second-order valence-corrected chi connectivity index (χ2v) is 7.65. The Hall–Kier alpha value is -4.10. The van der Waals surface area contributed by atoms with Gasteiger partial charge in [-0.3, -0.25) is 4.79 Å². The molecular weight excluding hydrogens is 456 g/mol. The van der Waals surface area contributed by atoms with Gasteiger partial charge in [-0.25, -0.2) is 9.78 Å². The third-order valence-corrected chi connectivity index (χ3v) is 5.43.